The maximum Gasteiger partial charge on any atom is 0.321 e. The average Bonchev–Trinajstić information content (AvgIpc) is 2.88. The lowest BCUT2D eigenvalue weighted by Gasteiger charge is -2.03. The number of thioether (sulfide) groups is 1. The highest BCUT2D eigenvalue weighted by atomic mass is 79.9. The lowest BCUT2D eigenvalue weighted by atomic mass is 10.2. The van der Waals surface area contributed by atoms with E-state index in [1.54, 1.807) is 0 Å². The Kier molecular flexibility index (Phi) is 5.16. The molecule has 0 spiro atoms. The van der Waals surface area contributed by atoms with Crippen LogP contribution in [0.5, 0.6) is 0 Å². The normalized spacial score (nSPS) is 12.3. The van der Waals surface area contributed by atoms with Gasteiger partial charge in [-0.15, -0.1) is 22.0 Å². The second kappa shape index (κ2) is 6.87. The lowest BCUT2D eigenvalue weighted by Crippen LogP contribution is -2.32. The second-order valence-corrected chi connectivity index (χ2v) is 5.91. The Morgan fingerprint density at radius 2 is 2.10 bits per heavy atom. The number of aromatic nitrogens is 2. The van der Waals surface area contributed by atoms with Crippen LogP contribution >= 0.6 is 27.7 Å². The quantitative estimate of drug-likeness (QED) is 0.816. The van der Waals surface area contributed by atoms with Crippen molar-refractivity contribution in [3.63, 3.8) is 0 Å². The Hall–Kier alpha value is -1.38. The van der Waals surface area contributed by atoms with E-state index in [-0.39, 0.29) is 0 Å². The van der Waals surface area contributed by atoms with Crippen LogP contribution in [0.3, 0.4) is 0 Å². The summed E-state index contributed by atoms with van der Waals surface area (Å²) in [4.78, 5) is 10.6. The highest BCUT2D eigenvalue weighted by molar-refractivity contribution is 9.10. The molecule has 0 aliphatic heterocycles. The van der Waals surface area contributed by atoms with Gasteiger partial charge >= 0.3 is 5.97 Å². The molecule has 1 aromatic heterocycles. The SMILES string of the molecule is NC(CSCc1nnc(-c2ccc(Br)cc2)o1)C(=O)O. The second-order valence-electron chi connectivity index (χ2n) is 3.97. The van der Waals surface area contributed by atoms with Gasteiger partial charge in [0.15, 0.2) is 0 Å². The van der Waals surface area contributed by atoms with Crippen molar-refractivity contribution in [2.75, 3.05) is 5.75 Å². The van der Waals surface area contributed by atoms with Crippen molar-refractivity contribution >= 4 is 33.7 Å². The van der Waals surface area contributed by atoms with E-state index < -0.39 is 12.0 Å². The molecule has 3 N–H and O–H groups in total. The van der Waals surface area contributed by atoms with Crippen molar-refractivity contribution in [3.8, 4) is 11.5 Å². The third-order valence-corrected chi connectivity index (χ3v) is 3.97. The van der Waals surface area contributed by atoms with Gasteiger partial charge in [-0.2, -0.15) is 0 Å². The lowest BCUT2D eigenvalue weighted by molar-refractivity contribution is -0.137. The Morgan fingerprint density at radius 1 is 1.40 bits per heavy atom. The largest absolute Gasteiger partial charge is 0.480 e. The number of benzene rings is 1. The summed E-state index contributed by atoms with van der Waals surface area (Å²) in [5.41, 5.74) is 6.23. The van der Waals surface area contributed by atoms with Crippen LogP contribution in [-0.2, 0) is 10.5 Å². The number of nitrogens with two attached hydrogens (primary N) is 1. The average molecular weight is 358 g/mol. The summed E-state index contributed by atoms with van der Waals surface area (Å²) in [5.74, 6) is 0.607. The van der Waals surface area contributed by atoms with Crippen LogP contribution in [0.4, 0.5) is 0 Å². The number of halogens is 1. The van der Waals surface area contributed by atoms with Crippen LogP contribution in [0.15, 0.2) is 33.2 Å². The predicted octanol–water partition coefficient (Wildman–Crippen LogP) is 2.14. The summed E-state index contributed by atoms with van der Waals surface area (Å²) in [7, 11) is 0. The van der Waals surface area contributed by atoms with Gasteiger partial charge in [0.25, 0.3) is 0 Å². The first-order valence-corrected chi connectivity index (χ1v) is 7.65. The van der Waals surface area contributed by atoms with E-state index in [0.29, 0.717) is 23.3 Å². The minimum atomic E-state index is -1.02. The molecule has 106 valence electrons. The zero-order valence-corrected chi connectivity index (χ0v) is 12.7. The molecule has 0 saturated carbocycles. The topological polar surface area (TPSA) is 102 Å². The summed E-state index contributed by atoms with van der Waals surface area (Å²) in [6.07, 6.45) is 0. The summed E-state index contributed by atoms with van der Waals surface area (Å²) >= 11 is 4.70. The van der Waals surface area contributed by atoms with E-state index >= 15 is 0 Å². The van der Waals surface area contributed by atoms with E-state index in [2.05, 4.69) is 26.1 Å². The van der Waals surface area contributed by atoms with Gasteiger partial charge in [0.1, 0.15) is 6.04 Å². The van der Waals surface area contributed by atoms with Gasteiger partial charge in [-0.1, -0.05) is 15.9 Å². The summed E-state index contributed by atoms with van der Waals surface area (Å²) in [6, 6.07) is 6.64. The smallest absolute Gasteiger partial charge is 0.321 e. The number of carboxylic acids is 1. The number of carbonyl (C=O) groups is 1. The van der Waals surface area contributed by atoms with Crippen LogP contribution < -0.4 is 5.73 Å². The molecular formula is C12H12BrN3O3S. The minimum Gasteiger partial charge on any atom is -0.480 e. The van der Waals surface area contributed by atoms with Crippen LogP contribution in [0.1, 0.15) is 5.89 Å². The van der Waals surface area contributed by atoms with Crippen molar-refractivity contribution < 1.29 is 14.3 Å². The maximum atomic E-state index is 10.6. The van der Waals surface area contributed by atoms with Crippen molar-refractivity contribution in [2.24, 2.45) is 5.73 Å². The van der Waals surface area contributed by atoms with Gasteiger partial charge in [-0.25, -0.2) is 0 Å². The first kappa shape index (κ1) is 15.0. The fraction of sp³-hybridized carbons (Fsp3) is 0.250. The Bertz CT molecular complexity index is 588. The molecule has 1 aromatic carbocycles. The van der Waals surface area contributed by atoms with E-state index in [0.717, 1.165) is 10.0 Å². The number of hydrogen-bond donors (Lipinski definition) is 2. The molecule has 1 heterocycles. The third-order valence-electron chi connectivity index (χ3n) is 2.40. The van der Waals surface area contributed by atoms with Gasteiger partial charge in [0, 0.05) is 15.8 Å². The number of nitrogens with zero attached hydrogens (tertiary/aromatic N) is 2. The molecule has 0 radical (unpaired) electrons. The minimum absolute atomic E-state index is 0.297. The number of hydrogen-bond acceptors (Lipinski definition) is 6. The van der Waals surface area contributed by atoms with E-state index in [1.165, 1.54) is 11.8 Å². The molecule has 2 aromatic rings. The fourth-order valence-corrected chi connectivity index (χ4v) is 2.44. The van der Waals surface area contributed by atoms with Gasteiger partial charge in [0.2, 0.25) is 11.8 Å². The maximum absolute atomic E-state index is 10.6. The fourth-order valence-electron chi connectivity index (χ4n) is 1.37. The molecule has 0 bridgehead atoms. The van der Waals surface area contributed by atoms with Crippen molar-refractivity contribution in [1.29, 1.82) is 0 Å². The molecule has 6 nitrogen and oxygen atoms in total. The van der Waals surface area contributed by atoms with E-state index in [9.17, 15) is 4.79 Å². The molecule has 2 rings (SSSR count). The summed E-state index contributed by atoms with van der Waals surface area (Å²) in [5, 5.41) is 16.5. The number of carboxylic acid groups (broad SMARTS) is 1. The van der Waals surface area contributed by atoms with E-state index in [1.807, 2.05) is 24.3 Å². The van der Waals surface area contributed by atoms with Crippen molar-refractivity contribution in [2.45, 2.75) is 11.8 Å². The van der Waals surface area contributed by atoms with Gasteiger partial charge < -0.3 is 15.3 Å². The molecule has 0 aliphatic rings. The first-order valence-electron chi connectivity index (χ1n) is 5.70. The molecule has 0 saturated heterocycles. The number of aliphatic carboxylic acids is 1. The van der Waals surface area contributed by atoms with Crippen LogP contribution in [0.2, 0.25) is 0 Å². The zero-order chi connectivity index (χ0) is 14.5. The highest BCUT2D eigenvalue weighted by Gasteiger charge is 2.13. The predicted molar refractivity (Wildman–Crippen MR) is 79.2 cm³/mol. The van der Waals surface area contributed by atoms with Gasteiger partial charge in [0.05, 0.1) is 5.75 Å². The van der Waals surface area contributed by atoms with Crippen LogP contribution in [0, 0.1) is 0 Å². The van der Waals surface area contributed by atoms with Crippen LogP contribution in [-0.4, -0.2) is 33.1 Å². The zero-order valence-electron chi connectivity index (χ0n) is 10.3. The highest BCUT2D eigenvalue weighted by Crippen LogP contribution is 2.22. The summed E-state index contributed by atoms with van der Waals surface area (Å²) in [6.45, 7) is 0. The molecule has 0 aliphatic carbocycles. The molecule has 0 fully saturated rings. The number of rotatable bonds is 6. The van der Waals surface area contributed by atoms with Crippen LogP contribution in [0.25, 0.3) is 11.5 Å². The molecule has 20 heavy (non-hydrogen) atoms. The Morgan fingerprint density at radius 3 is 2.75 bits per heavy atom. The molecule has 8 heteroatoms. The Balaban J connectivity index is 1.92. The summed E-state index contributed by atoms with van der Waals surface area (Å²) < 4.78 is 6.48. The molecular weight excluding hydrogens is 346 g/mol. The first-order chi connectivity index (χ1) is 9.56. The van der Waals surface area contributed by atoms with Crippen molar-refractivity contribution in [3.05, 3.63) is 34.6 Å². The van der Waals surface area contributed by atoms with E-state index in [4.69, 9.17) is 15.3 Å². The molecule has 1 atom stereocenters. The van der Waals surface area contributed by atoms with Gasteiger partial charge in [-0.05, 0) is 24.3 Å². The molecule has 0 amide bonds. The standard InChI is InChI=1S/C12H12BrN3O3S/c13-8-3-1-7(2-4-8)11-16-15-10(19-11)6-20-5-9(14)12(17)18/h1-4,9H,5-6,14H2,(H,17,18). The third kappa shape index (κ3) is 4.06. The monoisotopic (exact) mass is 357 g/mol. The molecule has 1 unspecified atom stereocenters. The van der Waals surface area contributed by atoms with Gasteiger partial charge in [-0.3, -0.25) is 4.79 Å². The Labute approximate surface area is 127 Å². The van der Waals surface area contributed by atoms with Crippen molar-refractivity contribution in [1.82, 2.24) is 10.2 Å².